The van der Waals surface area contributed by atoms with Gasteiger partial charge in [-0.1, -0.05) is 27.7 Å². The Morgan fingerprint density at radius 3 is 1.93 bits per heavy atom. The molecule has 0 aromatic carbocycles. The van der Waals surface area contributed by atoms with E-state index in [0.717, 1.165) is 12.5 Å². The molecule has 0 rings (SSSR count). The first-order valence-corrected chi connectivity index (χ1v) is 6.48. The number of rotatable bonds is 4. The molecule has 0 amide bonds. The maximum atomic E-state index is 3.54. The van der Waals surface area contributed by atoms with Gasteiger partial charge in [-0.15, -0.1) is 0 Å². The van der Waals surface area contributed by atoms with Crippen molar-refractivity contribution < 1.29 is 0 Å². The zero-order valence-electron chi connectivity index (χ0n) is 10.9. The van der Waals surface area contributed by atoms with Gasteiger partial charge in [0.05, 0.1) is 0 Å². The van der Waals surface area contributed by atoms with Crippen molar-refractivity contribution in [1.29, 1.82) is 0 Å². The molecule has 0 aliphatic carbocycles. The van der Waals surface area contributed by atoms with Crippen LogP contribution in [0.15, 0.2) is 0 Å². The largest absolute Gasteiger partial charge is 0.312 e. The zero-order chi connectivity index (χ0) is 11.4. The van der Waals surface area contributed by atoms with Crippen LogP contribution in [0.3, 0.4) is 0 Å². The van der Waals surface area contributed by atoms with Gasteiger partial charge in [0.2, 0.25) is 0 Å². The number of hydrogen-bond acceptors (Lipinski definition) is 2. The highest BCUT2D eigenvalue weighted by Crippen LogP contribution is 2.25. The maximum absolute atomic E-state index is 3.54. The van der Waals surface area contributed by atoms with E-state index >= 15 is 0 Å². The summed E-state index contributed by atoms with van der Waals surface area (Å²) in [4.78, 5) is 0. The lowest BCUT2D eigenvalue weighted by Crippen LogP contribution is -2.39. The van der Waals surface area contributed by atoms with Crippen LogP contribution in [0.25, 0.3) is 0 Å². The molecule has 0 heterocycles. The Labute approximate surface area is 94.4 Å². The molecule has 0 radical (unpaired) electrons. The van der Waals surface area contributed by atoms with Crippen molar-refractivity contribution in [3.05, 3.63) is 0 Å². The topological polar surface area (TPSA) is 12.0 Å². The fourth-order valence-corrected chi connectivity index (χ4v) is 1.83. The first kappa shape index (κ1) is 14.3. The third-order valence-corrected chi connectivity index (χ3v) is 3.38. The quantitative estimate of drug-likeness (QED) is 0.773. The second-order valence-electron chi connectivity index (χ2n) is 6.16. The number of hydrogen-bond donors (Lipinski definition) is 1. The van der Waals surface area contributed by atoms with E-state index in [4.69, 9.17) is 0 Å². The van der Waals surface area contributed by atoms with Crippen LogP contribution >= 0.6 is 11.8 Å². The van der Waals surface area contributed by atoms with Crippen LogP contribution in [-0.2, 0) is 0 Å². The summed E-state index contributed by atoms with van der Waals surface area (Å²) < 4.78 is 0.399. The van der Waals surface area contributed by atoms with Crippen molar-refractivity contribution >= 4 is 11.8 Å². The lowest BCUT2D eigenvalue weighted by atomic mass is 10.1. The van der Waals surface area contributed by atoms with Crippen molar-refractivity contribution in [1.82, 2.24) is 5.32 Å². The monoisotopic (exact) mass is 217 g/mol. The Morgan fingerprint density at radius 2 is 1.57 bits per heavy atom. The van der Waals surface area contributed by atoms with Gasteiger partial charge >= 0.3 is 0 Å². The van der Waals surface area contributed by atoms with Gasteiger partial charge in [0, 0.05) is 10.3 Å². The van der Waals surface area contributed by atoms with E-state index in [1.807, 2.05) is 0 Å². The lowest BCUT2D eigenvalue weighted by molar-refractivity contribution is 0.395. The number of thioether (sulfide) groups is 1. The molecular formula is C12H27NS. The predicted octanol–water partition coefficient (Wildman–Crippen LogP) is 3.54. The Bertz CT molecular complexity index is 135. The third kappa shape index (κ3) is 10.4. The normalized spacial score (nSPS) is 15.6. The van der Waals surface area contributed by atoms with Crippen LogP contribution in [0.1, 0.15) is 48.5 Å². The molecule has 0 fully saturated rings. The lowest BCUT2D eigenvalue weighted by Gasteiger charge is -2.25. The molecule has 0 aromatic rings. The fourth-order valence-electron chi connectivity index (χ4n) is 0.932. The standard InChI is InChI=1S/C12H27NS/c1-10(8-13-11(2,3)4)9-14-12(5,6)7/h10,13H,8-9H2,1-7H3. The number of nitrogens with one attached hydrogen (secondary N) is 1. The highest BCUT2D eigenvalue weighted by molar-refractivity contribution is 8.00. The van der Waals surface area contributed by atoms with E-state index in [2.05, 4.69) is 65.5 Å². The van der Waals surface area contributed by atoms with E-state index in [0.29, 0.717) is 4.75 Å². The molecule has 0 aromatic heterocycles. The Hall–Kier alpha value is 0.310. The van der Waals surface area contributed by atoms with Crippen LogP contribution in [-0.4, -0.2) is 22.6 Å². The highest BCUT2D eigenvalue weighted by Gasteiger charge is 2.15. The van der Waals surface area contributed by atoms with Crippen molar-refractivity contribution in [3.8, 4) is 0 Å². The van der Waals surface area contributed by atoms with Crippen molar-refractivity contribution in [3.63, 3.8) is 0 Å². The van der Waals surface area contributed by atoms with Gasteiger partial charge in [0.1, 0.15) is 0 Å². The Kier molecular flexibility index (Phi) is 5.53. The predicted molar refractivity (Wildman–Crippen MR) is 69.1 cm³/mol. The minimum Gasteiger partial charge on any atom is -0.312 e. The van der Waals surface area contributed by atoms with Crippen LogP contribution in [0.4, 0.5) is 0 Å². The molecule has 14 heavy (non-hydrogen) atoms. The Balaban J connectivity index is 3.62. The van der Waals surface area contributed by atoms with Crippen molar-refractivity contribution in [2.75, 3.05) is 12.3 Å². The third-order valence-electron chi connectivity index (χ3n) is 1.78. The highest BCUT2D eigenvalue weighted by atomic mass is 32.2. The summed E-state index contributed by atoms with van der Waals surface area (Å²) >= 11 is 2.05. The average Bonchev–Trinajstić information content (AvgIpc) is 1.94. The summed E-state index contributed by atoms with van der Waals surface area (Å²) in [5.74, 6) is 1.99. The molecule has 2 heteroatoms. The molecule has 0 aliphatic heterocycles. The van der Waals surface area contributed by atoms with Gasteiger partial charge < -0.3 is 5.32 Å². The second kappa shape index (κ2) is 5.41. The summed E-state index contributed by atoms with van der Waals surface area (Å²) in [6.45, 7) is 16.9. The molecule has 1 atom stereocenters. The minimum atomic E-state index is 0.251. The fraction of sp³-hybridized carbons (Fsp3) is 1.00. The SMILES string of the molecule is CC(CNC(C)(C)C)CSC(C)(C)C. The zero-order valence-corrected chi connectivity index (χ0v) is 11.7. The van der Waals surface area contributed by atoms with Gasteiger partial charge in [-0.3, -0.25) is 0 Å². The van der Waals surface area contributed by atoms with Gasteiger partial charge in [-0.25, -0.2) is 0 Å². The van der Waals surface area contributed by atoms with E-state index in [9.17, 15) is 0 Å². The summed E-state index contributed by atoms with van der Waals surface area (Å²) in [5, 5.41) is 3.54. The summed E-state index contributed by atoms with van der Waals surface area (Å²) in [7, 11) is 0. The molecule has 0 spiro atoms. The molecule has 86 valence electrons. The van der Waals surface area contributed by atoms with E-state index < -0.39 is 0 Å². The molecule has 1 N–H and O–H groups in total. The van der Waals surface area contributed by atoms with Crippen LogP contribution in [0.2, 0.25) is 0 Å². The van der Waals surface area contributed by atoms with E-state index in [-0.39, 0.29) is 5.54 Å². The van der Waals surface area contributed by atoms with Gasteiger partial charge in [0.15, 0.2) is 0 Å². The smallest absolute Gasteiger partial charge is 0.00966 e. The van der Waals surface area contributed by atoms with Crippen LogP contribution in [0, 0.1) is 5.92 Å². The second-order valence-corrected chi connectivity index (χ2v) is 8.01. The van der Waals surface area contributed by atoms with Gasteiger partial charge in [-0.2, -0.15) is 11.8 Å². The maximum Gasteiger partial charge on any atom is 0.00966 e. The van der Waals surface area contributed by atoms with Crippen molar-refractivity contribution in [2.24, 2.45) is 5.92 Å². The summed E-state index contributed by atoms with van der Waals surface area (Å²) in [5.41, 5.74) is 0.251. The van der Waals surface area contributed by atoms with E-state index in [1.54, 1.807) is 0 Å². The molecule has 0 aliphatic rings. The van der Waals surface area contributed by atoms with Crippen LogP contribution in [0.5, 0.6) is 0 Å². The molecule has 0 saturated carbocycles. The molecule has 0 bridgehead atoms. The molecule has 1 nitrogen and oxygen atoms in total. The molecular weight excluding hydrogens is 190 g/mol. The first-order chi connectivity index (χ1) is 6.10. The molecule has 0 saturated heterocycles. The summed E-state index contributed by atoms with van der Waals surface area (Å²) in [6.07, 6.45) is 0. The minimum absolute atomic E-state index is 0.251. The van der Waals surface area contributed by atoms with Gasteiger partial charge in [0.25, 0.3) is 0 Å². The van der Waals surface area contributed by atoms with Crippen LogP contribution < -0.4 is 5.32 Å². The summed E-state index contributed by atoms with van der Waals surface area (Å²) in [6, 6.07) is 0. The Morgan fingerprint density at radius 1 is 1.07 bits per heavy atom. The average molecular weight is 217 g/mol. The van der Waals surface area contributed by atoms with Crippen molar-refractivity contribution in [2.45, 2.75) is 58.8 Å². The first-order valence-electron chi connectivity index (χ1n) is 5.49. The van der Waals surface area contributed by atoms with Gasteiger partial charge in [-0.05, 0) is 39.0 Å². The molecule has 1 unspecified atom stereocenters. The van der Waals surface area contributed by atoms with E-state index in [1.165, 1.54) is 5.75 Å².